The van der Waals surface area contributed by atoms with E-state index in [2.05, 4.69) is 5.10 Å². The number of nitrogens with zero attached hydrogens (tertiary/aromatic N) is 3. The number of rotatable bonds is 2. The van der Waals surface area contributed by atoms with Crippen molar-refractivity contribution in [2.75, 3.05) is 6.54 Å². The quantitative estimate of drug-likeness (QED) is 0.826. The number of carbonyl (C=O) groups excluding carboxylic acids is 2. The zero-order valence-corrected chi connectivity index (χ0v) is 11.9. The summed E-state index contributed by atoms with van der Waals surface area (Å²) in [4.78, 5) is 26.6. The second-order valence-corrected chi connectivity index (χ2v) is 5.93. The number of Topliss-reactive ketones (excluding diaryl/α,β-unsaturated/α-hetero) is 1. The van der Waals surface area contributed by atoms with Crippen LogP contribution in [-0.4, -0.2) is 39.0 Å². The van der Waals surface area contributed by atoms with Crippen molar-refractivity contribution in [1.82, 2.24) is 14.7 Å². The molecule has 0 bridgehead atoms. The van der Waals surface area contributed by atoms with Crippen LogP contribution in [0.5, 0.6) is 0 Å². The molecule has 0 spiro atoms. The van der Waals surface area contributed by atoms with Crippen LogP contribution in [0.2, 0.25) is 0 Å². The van der Waals surface area contributed by atoms with Crippen LogP contribution >= 0.6 is 0 Å². The Bertz CT molecular complexity index is 523. The van der Waals surface area contributed by atoms with Crippen molar-refractivity contribution in [3.63, 3.8) is 0 Å². The smallest absolute Gasteiger partial charge is 0.257 e. The third kappa shape index (κ3) is 2.37. The molecule has 1 aromatic rings. The molecule has 0 N–H and O–H groups in total. The molecule has 3 rings (SSSR count). The summed E-state index contributed by atoms with van der Waals surface area (Å²) >= 11 is 0. The fraction of sp³-hybridized carbons (Fsp3) is 0.667. The molecule has 5 nitrogen and oxygen atoms in total. The Hall–Kier alpha value is -1.65. The molecule has 0 aromatic carbocycles. The number of likely N-dealkylation sites (tertiary alicyclic amines) is 1. The minimum atomic E-state index is 0.0268. The van der Waals surface area contributed by atoms with Crippen molar-refractivity contribution in [2.45, 2.75) is 44.6 Å². The average molecular weight is 275 g/mol. The van der Waals surface area contributed by atoms with Crippen molar-refractivity contribution in [2.24, 2.45) is 13.0 Å². The highest BCUT2D eigenvalue weighted by Crippen LogP contribution is 2.33. The normalized spacial score (nSPS) is 27.1. The molecular weight excluding hydrogens is 254 g/mol. The molecule has 2 aliphatic rings. The van der Waals surface area contributed by atoms with Crippen LogP contribution in [0.1, 0.15) is 48.9 Å². The maximum Gasteiger partial charge on any atom is 0.257 e. The molecule has 2 atom stereocenters. The fourth-order valence-electron chi connectivity index (χ4n) is 3.58. The first-order valence-electron chi connectivity index (χ1n) is 7.49. The van der Waals surface area contributed by atoms with E-state index < -0.39 is 0 Å². The minimum absolute atomic E-state index is 0.0268. The lowest BCUT2D eigenvalue weighted by Gasteiger charge is -2.32. The second-order valence-electron chi connectivity index (χ2n) is 5.93. The summed E-state index contributed by atoms with van der Waals surface area (Å²) in [5.74, 6) is 0.443. The molecule has 20 heavy (non-hydrogen) atoms. The predicted octanol–water partition coefficient (Wildman–Crippen LogP) is 1.78. The number of aromatic nitrogens is 2. The molecule has 108 valence electrons. The van der Waals surface area contributed by atoms with Gasteiger partial charge in [-0.1, -0.05) is 6.42 Å². The summed E-state index contributed by atoms with van der Waals surface area (Å²) in [5.41, 5.74) is 0.627. The maximum atomic E-state index is 12.6. The van der Waals surface area contributed by atoms with Gasteiger partial charge in [-0.05, 0) is 25.7 Å². The SMILES string of the molecule is Cn1cc(C(=O)N2CCCC2C2CCCCC2=O)cn1. The first-order chi connectivity index (χ1) is 9.66. The summed E-state index contributed by atoms with van der Waals surface area (Å²) in [7, 11) is 1.81. The van der Waals surface area contributed by atoms with E-state index in [-0.39, 0.29) is 17.9 Å². The number of aryl methyl sites for hydroxylation is 1. The van der Waals surface area contributed by atoms with Crippen LogP contribution in [-0.2, 0) is 11.8 Å². The van der Waals surface area contributed by atoms with Gasteiger partial charge in [0.1, 0.15) is 5.78 Å². The number of amides is 1. The standard InChI is InChI=1S/C15H21N3O2/c1-17-10-11(9-16-17)15(20)18-8-4-6-13(18)12-5-2-3-7-14(12)19/h9-10,12-13H,2-8H2,1H3. The van der Waals surface area contributed by atoms with Gasteiger partial charge in [0.25, 0.3) is 5.91 Å². The van der Waals surface area contributed by atoms with Crippen molar-refractivity contribution in [1.29, 1.82) is 0 Å². The Morgan fingerprint density at radius 3 is 2.85 bits per heavy atom. The van der Waals surface area contributed by atoms with E-state index in [4.69, 9.17) is 0 Å². The molecule has 1 aromatic heterocycles. The number of ketones is 1. The van der Waals surface area contributed by atoms with Gasteiger partial charge in [0.15, 0.2) is 0 Å². The Labute approximate surface area is 118 Å². The second kappa shape index (κ2) is 5.38. The molecule has 5 heteroatoms. The summed E-state index contributed by atoms with van der Waals surface area (Å²) in [5, 5.41) is 4.06. The highest BCUT2D eigenvalue weighted by atomic mass is 16.2. The predicted molar refractivity (Wildman–Crippen MR) is 74.2 cm³/mol. The Kier molecular flexibility index (Phi) is 3.59. The Morgan fingerprint density at radius 1 is 1.30 bits per heavy atom. The summed E-state index contributed by atoms with van der Waals surface area (Å²) in [6.07, 6.45) is 9.08. The molecule has 2 unspecified atom stereocenters. The zero-order chi connectivity index (χ0) is 14.1. The first kappa shape index (κ1) is 13.3. The molecule has 1 amide bonds. The van der Waals surface area contributed by atoms with Crippen molar-refractivity contribution < 1.29 is 9.59 Å². The molecule has 0 radical (unpaired) electrons. The summed E-state index contributed by atoms with van der Waals surface area (Å²) in [6, 6.07) is 0.107. The van der Waals surface area contributed by atoms with Gasteiger partial charge in [-0.2, -0.15) is 5.10 Å². The highest BCUT2D eigenvalue weighted by molar-refractivity contribution is 5.94. The highest BCUT2D eigenvalue weighted by Gasteiger charge is 2.39. The van der Waals surface area contributed by atoms with Crippen molar-refractivity contribution in [3.05, 3.63) is 18.0 Å². The van der Waals surface area contributed by atoms with Gasteiger partial charge < -0.3 is 4.90 Å². The minimum Gasteiger partial charge on any atom is -0.335 e. The van der Waals surface area contributed by atoms with E-state index in [0.717, 1.165) is 38.6 Å². The molecule has 1 saturated carbocycles. The van der Waals surface area contributed by atoms with Crippen molar-refractivity contribution >= 4 is 11.7 Å². The first-order valence-corrected chi connectivity index (χ1v) is 7.49. The molecule has 1 saturated heterocycles. The molecule has 2 fully saturated rings. The van der Waals surface area contributed by atoms with E-state index in [0.29, 0.717) is 17.8 Å². The van der Waals surface area contributed by atoms with Gasteiger partial charge >= 0.3 is 0 Å². The van der Waals surface area contributed by atoms with Gasteiger partial charge in [-0.25, -0.2) is 0 Å². The summed E-state index contributed by atoms with van der Waals surface area (Å²) in [6.45, 7) is 0.766. The number of carbonyl (C=O) groups is 2. The van der Waals surface area contributed by atoms with Gasteiger partial charge in [-0.3, -0.25) is 14.3 Å². The Morgan fingerprint density at radius 2 is 2.15 bits per heavy atom. The van der Waals surface area contributed by atoms with Crippen LogP contribution in [0.3, 0.4) is 0 Å². The number of hydrogen-bond acceptors (Lipinski definition) is 3. The maximum absolute atomic E-state index is 12.6. The zero-order valence-electron chi connectivity index (χ0n) is 11.9. The molecule has 1 aliphatic carbocycles. The van der Waals surface area contributed by atoms with E-state index in [1.54, 1.807) is 17.1 Å². The van der Waals surface area contributed by atoms with E-state index in [1.807, 2.05) is 11.9 Å². The molecular formula is C15H21N3O2. The van der Waals surface area contributed by atoms with E-state index in [9.17, 15) is 9.59 Å². The van der Waals surface area contributed by atoms with Crippen LogP contribution in [0.15, 0.2) is 12.4 Å². The Balaban J connectivity index is 1.78. The lowest BCUT2D eigenvalue weighted by Crippen LogP contribution is -2.43. The third-order valence-electron chi connectivity index (χ3n) is 4.58. The molecule has 2 heterocycles. The third-order valence-corrected chi connectivity index (χ3v) is 4.58. The number of hydrogen-bond donors (Lipinski definition) is 0. The van der Waals surface area contributed by atoms with Gasteiger partial charge in [0.2, 0.25) is 0 Å². The van der Waals surface area contributed by atoms with Crippen LogP contribution in [0.4, 0.5) is 0 Å². The summed E-state index contributed by atoms with van der Waals surface area (Å²) < 4.78 is 1.64. The van der Waals surface area contributed by atoms with Gasteiger partial charge in [0.05, 0.1) is 11.8 Å². The van der Waals surface area contributed by atoms with E-state index in [1.165, 1.54) is 0 Å². The van der Waals surface area contributed by atoms with Crippen LogP contribution in [0, 0.1) is 5.92 Å². The van der Waals surface area contributed by atoms with Crippen LogP contribution in [0.25, 0.3) is 0 Å². The topological polar surface area (TPSA) is 55.2 Å². The van der Waals surface area contributed by atoms with Crippen molar-refractivity contribution in [3.8, 4) is 0 Å². The largest absolute Gasteiger partial charge is 0.335 e. The monoisotopic (exact) mass is 275 g/mol. The van der Waals surface area contributed by atoms with E-state index >= 15 is 0 Å². The van der Waals surface area contributed by atoms with Gasteiger partial charge in [0, 0.05) is 38.2 Å². The fourth-order valence-corrected chi connectivity index (χ4v) is 3.58. The lowest BCUT2D eigenvalue weighted by atomic mass is 9.81. The van der Waals surface area contributed by atoms with Crippen LogP contribution < -0.4 is 0 Å². The lowest BCUT2D eigenvalue weighted by molar-refractivity contribution is -0.126. The van der Waals surface area contributed by atoms with Gasteiger partial charge in [-0.15, -0.1) is 0 Å². The molecule has 1 aliphatic heterocycles. The average Bonchev–Trinajstić information content (AvgIpc) is 3.07.